The van der Waals surface area contributed by atoms with Crippen molar-refractivity contribution in [2.24, 2.45) is 5.92 Å². The molecule has 2 atom stereocenters. The van der Waals surface area contributed by atoms with Crippen LogP contribution in [0.3, 0.4) is 0 Å². The number of amidine groups is 1. The SMILES string of the molecule is C=CN(C(=N)CC)S(=O)(=O)C1CC[C@@H]1C. The van der Waals surface area contributed by atoms with Crippen LogP contribution in [0.15, 0.2) is 12.8 Å². The Morgan fingerprint density at radius 2 is 2.20 bits per heavy atom. The van der Waals surface area contributed by atoms with Gasteiger partial charge in [-0.25, -0.2) is 12.7 Å². The fraction of sp³-hybridized carbons (Fsp3) is 0.700. The van der Waals surface area contributed by atoms with E-state index in [9.17, 15) is 8.42 Å². The van der Waals surface area contributed by atoms with Crippen LogP contribution in [0.2, 0.25) is 0 Å². The highest BCUT2D eigenvalue weighted by molar-refractivity contribution is 7.90. The summed E-state index contributed by atoms with van der Waals surface area (Å²) in [7, 11) is -3.38. The fourth-order valence-corrected chi connectivity index (χ4v) is 3.84. The third kappa shape index (κ3) is 2.07. The number of nitrogens with one attached hydrogen (secondary N) is 1. The minimum atomic E-state index is -3.38. The first-order valence-electron chi connectivity index (χ1n) is 5.18. The lowest BCUT2D eigenvalue weighted by Crippen LogP contribution is -2.46. The van der Waals surface area contributed by atoms with Crippen molar-refractivity contribution in [2.45, 2.75) is 38.4 Å². The first kappa shape index (κ1) is 12.2. The molecule has 0 heterocycles. The number of sulfonamides is 1. The summed E-state index contributed by atoms with van der Waals surface area (Å²) in [6, 6.07) is 0. The van der Waals surface area contributed by atoms with Crippen LogP contribution >= 0.6 is 0 Å². The van der Waals surface area contributed by atoms with Gasteiger partial charge in [-0.1, -0.05) is 20.4 Å². The molecule has 1 N–H and O–H groups in total. The Hall–Kier alpha value is -0.840. The summed E-state index contributed by atoms with van der Waals surface area (Å²) in [6.07, 6.45) is 3.28. The topological polar surface area (TPSA) is 61.2 Å². The Balaban J connectivity index is 2.92. The summed E-state index contributed by atoms with van der Waals surface area (Å²) in [5.41, 5.74) is 0. The number of rotatable bonds is 4. The summed E-state index contributed by atoms with van der Waals surface area (Å²) >= 11 is 0. The van der Waals surface area contributed by atoms with Crippen LogP contribution in [0.1, 0.15) is 33.1 Å². The van der Waals surface area contributed by atoms with E-state index in [1.165, 1.54) is 6.20 Å². The predicted molar refractivity (Wildman–Crippen MR) is 61.2 cm³/mol. The molecule has 1 unspecified atom stereocenters. The molecule has 0 radical (unpaired) electrons. The van der Waals surface area contributed by atoms with Crippen LogP contribution in [0.25, 0.3) is 0 Å². The lowest BCUT2D eigenvalue weighted by Gasteiger charge is -2.36. The zero-order valence-electron chi connectivity index (χ0n) is 9.23. The third-order valence-electron chi connectivity index (χ3n) is 2.96. The Morgan fingerprint density at radius 1 is 1.60 bits per heavy atom. The Bertz CT molecular complexity index is 362. The summed E-state index contributed by atoms with van der Waals surface area (Å²) < 4.78 is 25.2. The molecular weight excluding hydrogens is 212 g/mol. The van der Waals surface area contributed by atoms with E-state index in [-0.39, 0.29) is 17.0 Å². The molecular formula is C10H18N2O2S. The van der Waals surface area contributed by atoms with Gasteiger partial charge in [0, 0.05) is 12.6 Å². The van der Waals surface area contributed by atoms with E-state index in [2.05, 4.69) is 6.58 Å². The van der Waals surface area contributed by atoms with Gasteiger partial charge in [0.15, 0.2) is 0 Å². The third-order valence-corrected chi connectivity index (χ3v) is 5.35. The molecule has 1 saturated carbocycles. The van der Waals surface area contributed by atoms with Crippen LogP contribution in [0.4, 0.5) is 0 Å². The molecule has 4 nitrogen and oxygen atoms in total. The van der Waals surface area contributed by atoms with Gasteiger partial charge >= 0.3 is 0 Å². The van der Waals surface area contributed by atoms with E-state index in [4.69, 9.17) is 5.41 Å². The maximum absolute atomic E-state index is 12.1. The van der Waals surface area contributed by atoms with Crippen molar-refractivity contribution >= 4 is 15.9 Å². The molecule has 1 rings (SSSR count). The molecule has 0 bridgehead atoms. The Kier molecular flexibility index (Phi) is 3.54. The van der Waals surface area contributed by atoms with Crippen molar-refractivity contribution in [3.05, 3.63) is 12.8 Å². The van der Waals surface area contributed by atoms with Crippen LogP contribution in [0, 0.1) is 11.3 Å². The quantitative estimate of drug-likeness (QED) is 0.592. The fourth-order valence-electron chi connectivity index (χ4n) is 1.75. The smallest absolute Gasteiger partial charge is 0.243 e. The Labute approximate surface area is 91.5 Å². The van der Waals surface area contributed by atoms with E-state index in [1.54, 1.807) is 6.92 Å². The van der Waals surface area contributed by atoms with Crippen LogP contribution in [0.5, 0.6) is 0 Å². The standard InChI is InChI=1S/C10H18N2O2S/c1-4-10(11)12(5-2)15(13,14)9-7-6-8(9)3/h5,8-9,11H,2,4,6-7H2,1,3H3/t8-,9?/m0/s1. The monoisotopic (exact) mass is 230 g/mol. The Morgan fingerprint density at radius 3 is 2.47 bits per heavy atom. The second-order valence-corrected chi connectivity index (χ2v) is 5.95. The zero-order valence-corrected chi connectivity index (χ0v) is 10.0. The van der Waals surface area contributed by atoms with Crippen molar-refractivity contribution < 1.29 is 8.42 Å². The zero-order chi connectivity index (χ0) is 11.6. The second kappa shape index (κ2) is 4.35. The van der Waals surface area contributed by atoms with E-state index in [0.717, 1.165) is 10.7 Å². The van der Waals surface area contributed by atoms with Crippen LogP contribution in [-0.2, 0) is 10.0 Å². The van der Waals surface area contributed by atoms with Gasteiger partial charge in [0.05, 0.1) is 5.25 Å². The van der Waals surface area contributed by atoms with Crippen molar-refractivity contribution in [2.75, 3.05) is 0 Å². The lowest BCUT2D eigenvalue weighted by atomic mass is 9.87. The van der Waals surface area contributed by atoms with E-state index < -0.39 is 10.0 Å². The first-order chi connectivity index (χ1) is 6.95. The van der Waals surface area contributed by atoms with Gasteiger partial charge in [-0.3, -0.25) is 5.41 Å². The molecule has 0 saturated heterocycles. The van der Waals surface area contributed by atoms with Gasteiger partial charge in [-0.15, -0.1) is 0 Å². The highest BCUT2D eigenvalue weighted by Crippen LogP contribution is 2.34. The molecule has 1 aliphatic carbocycles. The van der Waals surface area contributed by atoms with Crippen LogP contribution < -0.4 is 0 Å². The normalized spacial score (nSPS) is 25.5. The van der Waals surface area contributed by atoms with E-state index in [1.807, 2.05) is 6.92 Å². The molecule has 0 aromatic rings. The first-order valence-corrected chi connectivity index (χ1v) is 6.68. The average Bonchev–Trinajstić information content (AvgIpc) is 2.14. The average molecular weight is 230 g/mol. The number of hydrogen-bond donors (Lipinski definition) is 1. The number of nitrogens with zero attached hydrogens (tertiary/aromatic N) is 1. The lowest BCUT2D eigenvalue weighted by molar-refractivity contribution is 0.337. The molecule has 15 heavy (non-hydrogen) atoms. The van der Waals surface area contributed by atoms with E-state index in [0.29, 0.717) is 12.8 Å². The molecule has 0 spiro atoms. The minimum Gasteiger partial charge on any atom is -0.287 e. The van der Waals surface area contributed by atoms with Crippen molar-refractivity contribution in [3.63, 3.8) is 0 Å². The molecule has 0 aromatic carbocycles. The van der Waals surface area contributed by atoms with Crippen LogP contribution in [-0.4, -0.2) is 23.8 Å². The minimum absolute atomic E-state index is 0.0871. The van der Waals surface area contributed by atoms with Crippen molar-refractivity contribution in [3.8, 4) is 0 Å². The molecule has 0 amide bonds. The highest BCUT2D eigenvalue weighted by Gasteiger charge is 2.41. The predicted octanol–water partition coefficient (Wildman–Crippen LogP) is 1.95. The van der Waals surface area contributed by atoms with Gasteiger partial charge in [0.25, 0.3) is 0 Å². The summed E-state index contributed by atoms with van der Waals surface area (Å²) in [4.78, 5) is 0. The molecule has 5 heteroatoms. The second-order valence-electron chi connectivity index (χ2n) is 3.92. The summed E-state index contributed by atoms with van der Waals surface area (Å²) in [5, 5.41) is 7.25. The highest BCUT2D eigenvalue weighted by atomic mass is 32.2. The molecule has 86 valence electrons. The van der Waals surface area contributed by atoms with Gasteiger partial charge in [0.1, 0.15) is 5.84 Å². The molecule has 1 aliphatic rings. The van der Waals surface area contributed by atoms with Gasteiger partial charge < -0.3 is 0 Å². The van der Waals surface area contributed by atoms with Gasteiger partial charge in [-0.05, 0) is 18.8 Å². The van der Waals surface area contributed by atoms with Crippen molar-refractivity contribution in [1.29, 1.82) is 5.41 Å². The van der Waals surface area contributed by atoms with Crippen molar-refractivity contribution in [1.82, 2.24) is 4.31 Å². The largest absolute Gasteiger partial charge is 0.287 e. The molecule has 0 aromatic heterocycles. The number of hydrogen-bond acceptors (Lipinski definition) is 3. The maximum atomic E-state index is 12.1. The molecule has 0 aliphatic heterocycles. The summed E-state index contributed by atoms with van der Waals surface area (Å²) in [6.45, 7) is 7.16. The van der Waals surface area contributed by atoms with Gasteiger partial charge in [0.2, 0.25) is 10.0 Å². The summed E-state index contributed by atoms with van der Waals surface area (Å²) in [5.74, 6) is 0.284. The molecule has 1 fully saturated rings. The maximum Gasteiger partial charge on any atom is 0.243 e. The van der Waals surface area contributed by atoms with E-state index >= 15 is 0 Å². The van der Waals surface area contributed by atoms with Gasteiger partial charge in [-0.2, -0.15) is 0 Å².